The van der Waals surface area contributed by atoms with E-state index in [1.165, 1.54) is 17.4 Å². The van der Waals surface area contributed by atoms with Crippen LogP contribution in [0, 0.1) is 10.1 Å². The molecule has 3 rings (SSSR count). The molecule has 0 saturated heterocycles. The fourth-order valence-corrected chi connectivity index (χ4v) is 3.26. The van der Waals surface area contributed by atoms with E-state index in [0.717, 1.165) is 35.9 Å². The van der Waals surface area contributed by atoms with Crippen molar-refractivity contribution in [1.29, 1.82) is 0 Å². The minimum Gasteiger partial charge on any atom is -0.395 e. The Morgan fingerprint density at radius 1 is 1.55 bits per heavy atom. The number of amides is 1. The molecule has 0 unspecified atom stereocenters. The molecule has 0 aliphatic heterocycles. The molecule has 1 amide bonds. The summed E-state index contributed by atoms with van der Waals surface area (Å²) in [6.45, 7) is 0. The maximum atomic E-state index is 11.9. The molecular weight excluding hydrogens is 332 g/mol. The zero-order valence-electron chi connectivity index (χ0n) is 11.3. The van der Waals surface area contributed by atoms with E-state index in [0.29, 0.717) is 5.13 Å². The second-order valence-corrected chi connectivity index (χ2v) is 5.82. The molecule has 0 radical (unpaired) electrons. The van der Waals surface area contributed by atoms with Crippen LogP contribution in [0.4, 0.5) is 11.0 Å². The van der Waals surface area contributed by atoms with E-state index in [1.807, 2.05) is 0 Å². The first-order valence-electron chi connectivity index (χ1n) is 6.32. The first-order chi connectivity index (χ1) is 10.0. The summed E-state index contributed by atoms with van der Waals surface area (Å²) in [6, 6.07) is 2.53. The van der Waals surface area contributed by atoms with Gasteiger partial charge in [0.1, 0.15) is 4.92 Å². The van der Waals surface area contributed by atoms with Gasteiger partial charge in [0.25, 0.3) is 5.91 Å². The maximum absolute atomic E-state index is 11.9. The average Bonchev–Trinajstić information content (AvgIpc) is 3.03. The van der Waals surface area contributed by atoms with Crippen molar-refractivity contribution >= 4 is 40.7 Å². The second kappa shape index (κ2) is 6.42. The zero-order valence-corrected chi connectivity index (χ0v) is 12.9. The van der Waals surface area contributed by atoms with E-state index in [1.54, 1.807) is 0 Å². The first kappa shape index (κ1) is 16.4. The molecule has 0 aromatic carbocycles. The maximum Gasteiger partial charge on any atom is 0.433 e. The van der Waals surface area contributed by atoms with Crippen LogP contribution in [-0.4, -0.2) is 21.9 Å². The van der Waals surface area contributed by atoms with Crippen LogP contribution in [-0.2, 0) is 12.8 Å². The van der Waals surface area contributed by atoms with Gasteiger partial charge >= 0.3 is 5.88 Å². The van der Waals surface area contributed by atoms with Gasteiger partial charge in [-0.1, -0.05) is 0 Å². The number of nitrogens with zero attached hydrogens (tertiary/aromatic N) is 2. The molecule has 8 nitrogen and oxygen atoms in total. The molecule has 10 heteroatoms. The SMILES string of the molecule is Cl.N[C@H]1CCc2nc(NC(=O)c3ccc([N+](=O)[O-])o3)sc2C1. The molecule has 2 heterocycles. The number of halogens is 1. The third kappa shape index (κ3) is 3.26. The fourth-order valence-electron chi connectivity index (χ4n) is 2.16. The van der Waals surface area contributed by atoms with Crippen molar-refractivity contribution in [1.82, 2.24) is 4.98 Å². The topological polar surface area (TPSA) is 124 Å². The molecule has 2 aromatic heterocycles. The summed E-state index contributed by atoms with van der Waals surface area (Å²) >= 11 is 1.38. The van der Waals surface area contributed by atoms with E-state index in [9.17, 15) is 14.9 Å². The normalized spacial score (nSPS) is 16.5. The van der Waals surface area contributed by atoms with Crippen LogP contribution in [0.15, 0.2) is 16.5 Å². The first-order valence-corrected chi connectivity index (χ1v) is 7.14. The van der Waals surface area contributed by atoms with E-state index < -0.39 is 16.7 Å². The van der Waals surface area contributed by atoms with Crippen LogP contribution in [0.5, 0.6) is 0 Å². The molecule has 0 bridgehead atoms. The molecule has 0 fully saturated rings. The van der Waals surface area contributed by atoms with Gasteiger partial charge in [-0.25, -0.2) is 4.98 Å². The highest BCUT2D eigenvalue weighted by Crippen LogP contribution is 2.29. The molecule has 2 aromatic rings. The number of carbonyl (C=O) groups is 1. The third-order valence-corrected chi connectivity index (χ3v) is 4.23. The predicted octanol–water partition coefficient (Wildman–Crippen LogP) is 2.13. The Morgan fingerprint density at radius 2 is 2.32 bits per heavy atom. The predicted molar refractivity (Wildman–Crippen MR) is 82.7 cm³/mol. The number of fused-ring (bicyclic) bond motifs is 1. The number of nitro groups is 1. The number of rotatable bonds is 3. The summed E-state index contributed by atoms with van der Waals surface area (Å²) in [4.78, 5) is 27.2. The number of nitrogens with one attached hydrogen (secondary N) is 1. The Labute approximate surface area is 135 Å². The molecule has 22 heavy (non-hydrogen) atoms. The van der Waals surface area contributed by atoms with E-state index in [2.05, 4.69) is 10.3 Å². The van der Waals surface area contributed by atoms with Gasteiger partial charge in [0.2, 0.25) is 0 Å². The molecular formula is C12H13ClN4O4S. The third-order valence-electron chi connectivity index (χ3n) is 3.19. The van der Waals surface area contributed by atoms with E-state index >= 15 is 0 Å². The highest BCUT2D eigenvalue weighted by Gasteiger charge is 2.22. The number of anilines is 1. The molecule has 0 spiro atoms. The van der Waals surface area contributed by atoms with Crippen molar-refractivity contribution in [3.63, 3.8) is 0 Å². The monoisotopic (exact) mass is 344 g/mol. The number of aryl methyl sites for hydroxylation is 1. The largest absolute Gasteiger partial charge is 0.433 e. The van der Waals surface area contributed by atoms with Gasteiger partial charge in [0.05, 0.1) is 11.8 Å². The summed E-state index contributed by atoms with van der Waals surface area (Å²) in [5.74, 6) is -1.14. The van der Waals surface area contributed by atoms with Crippen molar-refractivity contribution in [2.75, 3.05) is 5.32 Å². The van der Waals surface area contributed by atoms with E-state index in [4.69, 9.17) is 10.2 Å². The number of hydrogen-bond donors (Lipinski definition) is 2. The Morgan fingerprint density at radius 3 is 3.00 bits per heavy atom. The van der Waals surface area contributed by atoms with Gasteiger partial charge in [0.15, 0.2) is 10.9 Å². The number of thiazole rings is 1. The summed E-state index contributed by atoms with van der Waals surface area (Å²) in [5.41, 5.74) is 6.86. The molecule has 1 atom stereocenters. The molecule has 3 N–H and O–H groups in total. The van der Waals surface area contributed by atoms with Gasteiger partial charge in [-0.05, 0) is 25.3 Å². The van der Waals surface area contributed by atoms with Crippen molar-refractivity contribution in [2.24, 2.45) is 5.73 Å². The molecule has 1 aliphatic rings. The van der Waals surface area contributed by atoms with Crippen molar-refractivity contribution in [3.8, 4) is 0 Å². The van der Waals surface area contributed by atoms with Crippen LogP contribution < -0.4 is 11.1 Å². The number of nitrogens with two attached hydrogens (primary N) is 1. The van der Waals surface area contributed by atoms with Gasteiger partial charge < -0.3 is 10.2 Å². The smallest absolute Gasteiger partial charge is 0.395 e. The van der Waals surface area contributed by atoms with Crippen LogP contribution in [0.3, 0.4) is 0 Å². The number of carbonyl (C=O) groups excluding carboxylic acids is 1. The Hall–Kier alpha value is -1.97. The van der Waals surface area contributed by atoms with Gasteiger partial charge in [-0.3, -0.25) is 20.2 Å². The quantitative estimate of drug-likeness (QED) is 0.649. The summed E-state index contributed by atoms with van der Waals surface area (Å²) in [7, 11) is 0. The molecule has 1 aliphatic carbocycles. The van der Waals surface area contributed by atoms with Gasteiger partial charge in [0, 0.05) is 10.9 Å². The Bertz CT molecular complexity index is 714. The summed E-state index contributed by atoms with van der Waals surface area (Å²) < 4.78 is 4.84. The van der Waals surface area contributed by atoms with Gasteiger partial charge in [-0.15, -0.1) is 23.7 Å². The lowest BCUT2D eigenvalue weighted by molar-refractivity contribution is -0.402. The number of aromatic nitrogens is 1. The molecule has 118 valence electrons. The second-order valence-electron chi connectivity index (χ2n) is 4.74. The lowest BCUT2D eigenvalue weighted by atomic mass is 9.99. The minimum absolute atomic E-state index is 0. The fraction of sp³-hybridized carbons (Fsp3) is 0.333. The Kier molecular flexibility index (Phi) is 4.79. The summed E-state index contributed by atoms with van der Waals surface area (Å²) in [6.07, 6.45) is 2.44. The van der Waals surface area contributed by atoms with Crippen LogP contribution >= 0.6 is 23.7 Å². The van der Waals surface area contributed by atoms with Gasteiger partial charge in [-0.2, -0.15) is 0 Å². The molecule has 0 saturated carbocycles. The standard InChI is InChI=1S/C12H12N4O4S.ClH/c13-6-1-2-7-9(5-6)21-12(14-7)15-11(17)8-3-4-10(20-8)16(18)19;/h3-4,6H,1-2,5,13H2,(H,14,15,17);1H/t6-;/m0./s1. The highest BCUT2D eigenvalue weighted by molar-refractivity contribution is 7.15. The van der Waals surface area contributed by atoms with E-state index in [-0.39, 0.29) is 24.2 Å². The van der Waals surface area contributed by atoms with Crippen LogP contribution in [0.1, 0.15) is 27.5 Å². The number of hydrogen-bond acceptors (Lipinski definition) is 7. The lowest BCUT2D eigenvalue weighted by Crippen LogP contribution is -2.27. The van der Waals surface area contributed by atoms with Crippen LogP contribution in [0.25, 0.3) is 0 Å². The summed E-state index contributed by atoms with van der Waals surface area (Å²) in [5, 5.41) is 13.6. The Balaban J connectivity index is 0.00000176. The van der Waals surface area contributed by atoms with Crippen LogP contribution in [0.2, 0.25) is 0 Å². The number of furan rings is 1. The lowest BCUT2D eigenvalue weighted by Gasteiger charge is -2.15. The van der Waals surface area contributed by atoms with Crippen molar-refractivity contribution < 1.29 is 14.1 Å². The minimum atomic E-state index is -0.694. The van der Waals surface area contributed by atoms with Crippen molar-refractivity contribution in [2.45, 2.75) is 25.3 Å². The average molecular weight is 345 g/mol. The van der Waals surface area contributed by atoms with Crippen molar-refractivity contribution in [3.05, 3.63) is 38.6 Å². The zero-order chi connectivity index (χ0) is 15.0. The highest BCUT2D eigenvalue weighted by atomic mass is 35.5.